The number of sulfonamides is 1. The summed E-state index contributed by atoms with van der Waals surface area (Å²) in [6.45, 7) is 4.54. The van der Waals surface area contributed by atoms with Crippen molar-refractivity contribution in [1.29, 1.82) is 0 Å². The van der Waals surface area contributed by atoms with Crippen LogP contribution in [0.15, 0.2) is 83.8 Å². The predicted molar refractivity (Wildman–Crippen MR) is 158 cm³/mol. The number of benzene rings is 3. The maximum absolute atomic E-state index is 14.1. The molecular formula is C31H36F3N3O5S. The molecule has 0 aliphatic heterocycles. The Morgan fingerprint density at radius 1 is 0.930 bits per heavy atom. The Hall–Kier alpha value is -4.06. The molecule has 0 radical (unpaired) electrons. The minimum atomic E-state index is -4.75. The van der Waals surface area contributed by atoms with E-state index in [1.54, 1.807) is 37.3 Å². The van der Waals surface area contributed by atoms with Crippen molar-refractivity contribution < 1.29 is 35.9 Å². The van der Waals surface area contributed by atoms with Gasteiger partial charge in [-0.3, -0.25) is 13.9 Å². The van der Waals surface area contributed by atoms with Crippen LogP contribution in [-0.2, 0) is 32.3 Å². The first-order valence-electron chi connectivity index (χ1n) is 13.8. The molecule has 0 spiro atoms. The molecule has 3 aromatic rings. The van der Waals surface area contributed by atoms with E-state index in [0.717, 1.165) is 12.1 Å². The van der Waals surface area contributed by atoms with Crippen molar-refractivity contribution >= 4 is 27.5 Å². The number of hydrogen-bond acceptors (Lipinski definition) is 5. The van der Waals surface area contributed by atoms with E-state index in [1.165, 1.54) is 42.3 Å². The van der Waals surface area contributed by atoms with E-state index in [2.05, 4.69) is 5.32 Å². The summed E-state index contributed by atoms with van der Waals surface area (Å²) < 4.78 is 74.3. The zero-order valence-electron chi connectivity index (χ0n) is 24.5. The highest BCUT2D eigenvalue weighted by Gasteiger charge is 2.36. The molecule has 2 unspecified atom stereocenters. The number of nitrogens with one attached hydrogen (secondary N) is 1. The van der Waals surface area contributed by atoms with Gasteiger partial charge in [-0.05, 0) is 67.8 Å². The zero-order chi connectivity index (χ0) is 31.8. The molecule has 1 N–H and O–H groups in total. The van der Waals surface area contributed by atoms with Crippen LogP contribution in [0, 0.1) is 0 Å². The molecule has 232 valence electrons. The zero-order valence-corrected chi connectivity index (χ0v) is 25.3. The highest BCUT2D eigenvalue weighted by molar-refractivity contribution is 7.92. The third-order valence-electron chi connectivity index (χ3n) is 6.97. The van der Waals surface area contributed by atoms with Crippen LogP contribution in [0.4, 0.5) is 18.9 Å². The van der Waals surface area contributed by atoms with E-state index in [-0.39, 0.29) is 29.6 Å². The fraction of sp³-hybridized carbons (Fsp3) is 0.355. The summed E-state index contributed by atoms with van der Waals surface area (Å²) >= 11 is 0. The number of ether oxygens (including phenoxy) is 1. The molecule has 0 saturated heterocycles. The van der Waals surface area contributed by atoms with Crippen LogP contribution in [0.25, 0.3) is 0 Å². The van der Waals surface area contributed by atoms with Gasteiger partial charge in [-0.25, -0.2) is 8.42 Å². The van der Waals surface area contributed by atoms with Crippen molar-refractivity contribution in [3.63, 3.8) is 0 Å². The summed E-state index contributed by atoms with van der Waals surface area (Å²) in [5, 5.41) is 2.88. The van der Waals surface area contributed by atoms with Gasteiger partial charge in [-0.2, -0.15) is 13.2 Å². The summed E-state index contributed by atoms with van der Waals surface area (Å²) in [5.41, 5.74) is -0.769. The molecule has 0 bridgehead atoms. The second-order valence-electron chi connectivity index (χ2n) is 9.98. The lowest BCUT2D eigenvalue weighted by Gasteiger charge is -2.34. The number of anilines is 1. The fourth-order valence-corrected chi connectivity index (χ4v) is 5.80. The molecule has 0 heterocycles. The molecule has 0 aromatic heterocycles. The van der Waals surface area contributed by atoms with Crippen LogP contribution >= 0.6 is 0 Å². The molecule has 12 heteroatoms. The number of rotatable bonds is 13. The van der Waals surface area contributed by atoms with Gasteiger partial charge in [-0.15, -0.1) is 0 Å². The molecule has 0 aliphatic rings. The van der Waals surface area contributed by atoms with Gasteiger partial charge in [0.15, 0.2) is 0 Å². The van der Waals surface area contributed by atoms with E-state index < -0.39 is 46.2 Å². The fourth-order valence-electron chi connectivity index (χ4n) is 4.37. The van der Waals surface area contributed by atoms with E-state index in [9.17, 15) is 31.2 Å². The molecule has 3 rings (SSSR count). The Morgan fingerprint density at radius 3 is 2.14 bits per heavy atom. The van der Waals surface area contributed by atoms with Gasteiger partial charge in [-0.1, -0.05) is 50.2 Å². The molecule has 2 amide bonds. The monoisotopic (exact) mass is 619 g/mol. The van der Waals surface area contributed by atoms with Crippen LogP contribution in [-0.4, -0.2) is 50.9 Å². The molecule has 8 nitrogen and oxygen atoms in total. The minimum Gasteiger partial charge on any atom is -0.497 e. The SMILES string of the molecule is CCC(C)NC(=O)C(CC)N(Cc1ccc(OC)cc1)C(=O)CN(c1cccc(C(F)(F)F)c1)S(=O)(=O)c1ccccc1. The number of hydrogen-bond donors (Lipinski definition) is 1. The lowest BCUT2D eigenvalue weighted by Crippen LogP contribution is -2.53. The van der Waals surface area contributed by atoms with Crippen molar-refractivity contribution in [2.24, 2.45) is 0 Å². The average Bonchev–Trinajstić information content (AvgIpc) is 2.99. The van der Waals surface area contributed by atoms with Crippen molar-refractivity contribution in [3.05, 3.63) is 90.0 Å². The van der Waals surface area contributed by atoms with Gasteiger partial charge < -0.3 is 15.0 Å². The summed E-state index contributed by atoms with van der Waals surface area (Å²) in [7, 11) is -2.99. The number of methoxy groups -OCH3 is 1. The van der Waals surface area contributed by atoms with Gasteiger partial charge >= 0.3 is 6.18 Å². The van der Waals surface area contributed by atoms with Crippen LogP contribution in [0.1, 0.15) is 44.7 Å². The number of amides is 2. The molecule has 43 heavy (non-hydrogen) atoms. The maximum atomic E-state index is 14.1. The first kappa shape index (κ1) is 33.4. The maximum Gasteiger partial charge on any atom is 0.416 e. The van der Waals surface area contributed by atoms with Gasteiger partial charge in [0.1, 0.15) is 18.3 Å². The van der Waals surface area contributed by atoms with E-state index >= 15 is 0 Å². The summed E-state index contributed by atoms with van der Waals surface area (Å²) in [6, 6.07) is 16.6. The molecule has 2 atom stereocenters. The first-order chi connectivity index (χ1) is 20.3. The number of alkyl halides is 3. The third kappa shape index (κ3) is 8.50. The van der Waals surface area contributed by atoms with Gasteiger partial charge in [0, 0.05) is 12.6 Å². The van der Waals surface area contributed by atoms with Crippen LogP contribution in [0.2, 0.25) is 0 Å². The topological polar surface area (TPSA) is 96.0 Å². The van der Waals surface area contributed by atoms with Crippen molar-refractivity contribution in [1.82, 2.24) is 10.2 Å². The molecule has 3 aromatic carbocycles. The largest absolute Gasteiger partial charge is 0.497 e. The normalized spacial score (nSPS) is 13.1. The Kier molecular flexibility index (Phi) is 11.2. The van der Waals surface area contributed by atoms with E-state index in [0.29, 0.717) is 28.1 Å². The van der Waals surface area contributed by atoms with Crippen molar-refractivity contribution in [2.75, 3.05) is 18.0 Å². The van der Waals surface area contributed by atoms with Crippen LogP contribution < -0.4 is 14.4 Å². The molecule has 0 aliphatic carbocycles. The number of nitrogens with zero attached hydrogens (tertiary/aromatic N) is 2. The Bertz CT molecular complexity index is 1480. The summed E-state index contributed by atoms with van der Waals surface area (Å²) in [5.74, 6) is -0.609. The molecule has 0 fully saturated rings. The van der Waals surface area contributed by atoms with Gasteiger partial charge in [0.05, 0.1) is 23.3 Å². The third-order valence-corrected chi connectivity index (χ3v) is 8.76. The van der Waals surface area contributed by atoms with Crippen LogP contribution in [0.5, 0.6) is 5.75 Å². The Morgan fingerprint density at radius 2 is 1.58 bits per heavy atom. The second-order valence-corrected chi connectivity index (χ2v) is 11.8. The van der Waals surface area contributed by atoms with Gasteiger partial charge in [0.25, 0.3) is 10.0 Å². The number of carbonyl (C=O) groups is 2. The lowest BCUT2D eigenvalue weighted by atomic mass is 10.1. The van der Waals surface area contributed by atoms with E-state index in [1.807, 2.05) is 13.8 Å². The second kappa shape index (κ2) is 14.4. The van der Waals surface area contributed by atoms with Gasteiger partial charge in [0.2, 0.25) is 11.8 Å². The number of halogens is 3. The quantitative estimate of drug-likeness (QED) is 0.268. The molecule has 0 saturated carbocycles. The Balaban J connectivity index is 2.10. The lowest BCUT2D eigenvalue weighted by molar-refractivity contribution is -0.140. The Labute approximate surface area is 250 Å². The number of carbonyl (C=O) groups excluding carboxylic acids is 2. The summed E-state index contributed by atoms with van der Waals surface area (Å²) in [4.78, 5) is 28.5. The highest BCUT2D eigenvalue weighted by Crippen LogP contribution is 2.33. The first-order valence-corrected chi connectivity index (χ1v) is 15.2. The average molecular weight is 620 g/mol. The summed E-state index contributed by atoms with van der Waals surface area (Å²) in [6.07, 6.45) is -3.89. The molecular weight excluding hydrogens is 583 g/mol. The van der Waals surface area contributed by atoms with Crippen molar-refractivity contribution in [2.45, 2.75) is 63.3 Å². The predicted octanol–water partition coefficient (Wildman–Crippen LogP) is 5.63. The van der Waals surface area contributed by atoms with Crippen molar-refractivity contribution in [3.8, 4) is 5.75 Å². The smallest absolute Gasteiger partial charge is 0.416 e. The van der Waals surface area contributed by atoms with Crippen LogP contribution in [0.3, 0.4) is 0 Å². The van der Waals surface area contributed by atoms with E-state index in [4.69, 9.17) is 4.74 Å². The highest BCUT2D eigenvalue weighted by atomic mass is 32.2. The minimum absolute atomic E-state index is 0.0585. The standard InChI is InChI=1S/C31H36F3N3O5S/c1-5-22(3)35-30(39)28(6-2)36(20-23-15-17-26(42-4)18-16-23)29(38)21-37(43(40,41)27-13-8-7-9-14-27)25-12-10-11-24(19-25)31(32,33)34/h7-19,22,28H,5-6,20-21H2,1-4H3,(H,35,39).